The van der Waals surface area contributed by atoms with Crippen LogP contribution in [0.5, 0.6) is 0 Å². The lowest BCUT2D eigenvalue weighted by Crippen LogP contribution is -2.30. The van der Waals surface area contributed by atoms with Gasteiger partial charge in [0.2, 0.25) is 0 Å². The number of benzene rings is 1. The third-order valence-corrected chi connectivity index (χ3v) is 3.30. The maximum Gasteiger partial charge on any atom is 0.313 e. The van der Waals surface area contributed by atoms with E-state index in [-0.39, 0.29) is 30.9 Å². The van der Waals surface area contributed by atoms with Crippen molar-refractivity contribution < 1.29 is 28.7 Å². The van der Waals surface area contributed by atoms with Crippen LogP contribution in [0.15, 0.2) is 24.3 Å². The molecule has 0 amide bonds. The van der Waals surface area contributed by atoms with Crippen LogP contribution in [0.25, 0.3) is 0 Å². The van der Waals surface area contributed by atoms with E-state index >= 15 is 0 Å². The fourth-order valence-corrected chi connectivity index (χ4v) is 2.17. The second kappa shape index (κ2) is 7.30. The Bertz CT molecular complexity index is 590. The molecule has 0 aromatic heterocycles. The number of nitro benzene ring substituents is 1. The van der Waals surface area contributed by atoms with E-state index in [1.165, 1.54) is 24.3 Å². The number of ether oxygens (including phenoxy) is 3. The minimum Gasteiger partial charge on any atom is -0.460 e. The quantitative estimate of drug-likeness (QED) is 0.326. The molecule has 0 bridgehead atoms. The molecular weight excluding hydrogens is 306 g/mol. The number of nitro groups is 1. The summed E-state index contributed by atoms with van der Waals surface area (Å²) in [7, 11) is 0. The summed E-state index contributed by atoms with van der Waals surface area (Å²) in [5.74, 6) is -1.95. The van der Waals surface area contributed by atoms with Crippen LogP contribution in [0.4, 0.5) is 5.69 Å². The Morgan fingerprint density at radius 1 is 1.26 bits per heavy atom. The lowest BCUT2D eigenvalue weighted by Gasteiger charge is -2.20. The maximum atomic E-state index is 11.8. The molecule has 1 aromatic rings. The van der Waals surface area contributed by atoms with Gasteiger partial charge in [0.25, 0.3) is 5.69 Å². The van der Waals surface area contributed by atoms with Crippen LogP contribution in [-0.2, 0) is 30.4 Å². The Labute approximate surface area is 132 Å². The highest BCUT2D eigenvalue weighted by Crippen LogP contribution is 2.23. The molecule has 0 spiro atoms. The normalized spacial score (nSPS) is 16.0. The molecular formula is C15H17NO7. The Hall–Kier alpha value is -2.32. The van der Waals surface area contributed by atoms with Crippen LogP contribution < -0.4 is 0 Å². The summed E-state index contributed by atoms with van der Waals surface area (Å²) in [5, 5.41) is 10.5. The lowest BCUT2D eigenvalue weighted by atomic mass is 10.1. The molecule has 1 fully saturated rings. The number of rotatable bonds is 7. The number of hydrogen-bond donors (Lipinski definition) is 0. The number of carbonyl (C=O) groups excluding carboxylic acids is 2. The summed E-state index contributed by atoms with van der Waals surface area (Å²) < 4.78 is 15.6. The second-order valence-corrected chi connectivity index (χ2v) is 5.31. The van der Waals surface area contributed by atoms with E-state index in [4.69, 9.17) is 14.2 Å². The fourth-order valence-electron chi connectivity index (χ4n) is 2.17. The second-order valence-electron chi connectivity index (χ2n) is 5.31. The minimum absolute atomic E-state index is 0.0143. The van der Waals surface area contributed by atoms with Gasteiger partial charge in [-0.15, -0.1) is 0 Å². The van der Waals surface area contributed by atoms with E-state index < -0.39 is 16.7 Å². The largest absolute Gasteiger partial charge is 0.460 e. The molecule has 0 unspecified atom stereocenters. The van der Waals surface area contributed by atoms with Crippen molar-refractivity contribution in [3.8, 4) is 0 Å². The molecule has 23 heavy (non-hydrogen) atoms. The Kier molecular flexibility index (Phi) is 5.41. The van der Waals surface area contributed by atoms with Crippen molar-refractivity contribution in [3.05, 3.63) is 39.9 Å². The first kappa shape index (κ1) is 17.0. The van der Waals surface area contributed by atoms with Crippen LogP contribution in [0.3, 0.4) is 0 Å². The summed E-state index contributed by atoms with van der Waals surface area (Å²) in [5.41, 5.74) is 0.561. The van der Waals surface area contributed by atoms with Gasteiger partial charge in [-0.05, 0) is 24.6 Å². The van der Waals surface area contributed by atoms with Gasteiger partial charge in [0.1, 0.15) is 18.8 Å². The van der Waals surface area contributed by atoms with E-state index in [2.05, 4.69) is 0 Å². The van der Waals surface area contributed by atoms with Crippen LogP contribution in [0, 0.1) is 10.1 Å². The van der Waals surface area contributed by atoms with Gasteiger partial charge in [0, 0.05) is 12.1 Å². The summed E-state index contributed by atoms with van der Waals surface area (Å²) in [6.07, 6.45) is -0.380. The molecule has 1 heterocycles. The predicted molar refractivity (Wildman–Crippen MR) is 77.4 cm³/mol. The minimum atomic E-state index is -0.963. The summed E-state index contributed by atoms with van der Waals surface area (Å²) in [6.45, 7) is 2.46. The Balaban J connectivity index is 1.76. The lowest BCUT2D eigenvalue weighted by molar-refractivity contribution is -0.384. The first-order valence-electron chi connectivity index (χ1n) is 7.06. The molecule has 8 nitrogen and oxygen atoms in total. The topological polar surface area (TPSA) is 105 Å². The number of non-ortho nitro benzene ring substituents is 1. The molecule has 8 heteroatoms. The third-order valence-electron chi connectivity index (χ3n) is 3.30. The molecule has 1 aliphatic rings. The predicted octanol–water partition coefficient (Wildman–Crippen LogP) is 1.75. The average Bonchev–Trinajstić information content (AvgIpc) is 2.91. The Morgan fingerprint density at radius 3 is 2.43 bits per heavy atom. The monoisotopic (exact) mass is 323 g/mol. The van der Waals surface area contributed by atoms with E-state index in [0.717, 1.165) is 0 Å². The SMILES string of the molecule is CC1(CC(=O)CC(=O)OCc2ccc([N+](=O)[O-])cc2)OCCO1. The standard InChI is InChI=1S/C15H17NO7/c1-15(22-6-7-23-15)9-13(17)8-14(18)21-10-11-2-4-12(5-3-11)16(19)20/h2-5H,6-10H2,1H3. The number of esters is 1. The van der Waals surface area contributed by atoms with Crippen molar-refractivity contribution in [1.82, 2.24) is 0 Å². The van der Waals surface area contributed by atoms with E-state index in [1.807, 2.05) is 0 Å². The van der Waals surface area contributed by atoms with Gasteiger partial charge < -0.3 is 14.2 Å². The zero-order valence-corrected chi connectivity index (χ0v) is 12.6. The highest BCUT2D eigenvalue weighted by molar-refractivity contribution is 5.95. The van der Waals surface area contributed by atoms with Crippen LogP contribution >= 0.6 is 0 Å². The van der Waals surface area contributed by atoms with Crippen molar-refractivity contribution in [2.24, 2.45) is 0 Å². The van der Waals surface area contributed by atoms with Crippen LogP contribution in [-0.4, -0.2) is 35.7 Å². The zero-order valence-electron chi connectivity index (χ0n) is 12.6. The molecule has 0 N–H and O–H groups in total. The van der Waals surface area contributed by atoms with Crippen molar-refractivity contribution in [2.75, 3.05) is 13.2 Å². The highest BCUT2D eigenvalue weighted by Gasteiger charge is 2.34. The van der Waals surface area contributed by atoms with Crippen molar-refractivity contribution >= 4 is 17.4 Å². The van der Waals surface area contributed by atoms with Crippen molar-refractivity contribution in [1.29, 1.82) is 0 Å². The van der Waals surface area contributed by atoms with Gasteiger partial charge in [-0.25, -0.2) is 0 Å². The molecule has 1 saturated heterocycles. The first-order chi connectivity index (χ1) is 10.9. The van der Waals surface area contributed by atoms with Gasteiger partial charge in [0.05, 0.1) is 24.6 Å². The van der Waals surface area contributed by atoms with E-state index in [1.54, 1.807) is 6.92 Å². The van der Waals surface area contributed by atoms with E-state index in [0.29, 0.717) is 18.8 Å². The Morgan fingerprint density at radius 2 is 1.87 bits per heavy atom. The van der Waals surface area contributed by atoms with Crippen LogP contribution in [0.1, 0.15) is 25.3 Å². The van der Waals surface area contributed by atoms with Crippen molar-refractivity contribution in [2.45, 2.75) is 32.2 Å². The smallest absolute Gasteiger partial charge is 0.313 e. The summed E-state index contributed by atoms with van der Waals surface area (Å²) in [6, 6.07) is 5.64. The third kappa shape index (κ3) is 5.11. The number of hydrogen-bond acceptors (Lipinski definition) is 7. The molecule has 0 saturated carbocycles. The van der Waals surface area contributed by atoms with Gasteiger partial charge in [-0.1, -0.05) is 0 Å². The molecule has 0 radical (unpaired) electrons. The average molecular weight is 323 g/mol. The van der Waals surface area contributed by atoms with E-state index in [9.17, 15) is 19.7 Å². The number of ketones is 1. The number of carbonyl (C=O) groups is 2. The van der Waals surface area contributed by atoms with Gasteiger partial charge in [-0.3, -0.25) is 19.7 Å². The van der Waals surface area contributed by atoms with Crippen molar-refractivity contribution in [3.63, 3.8) is 0 Å². The molecule has 1 aromatic carbocycles. The zero-order chi connectivity index (χ0) is 16.9. The van der Waals surface area contributed by atoms with Gasteiger partial charge >= 0.3 is 5.97 Å². The van der Waals surface area contributed by atoms with Gasteiger partial charge in [-0.2, -0.15) is 0 Å². The summed E-state index contributed by atoms with van der Waals surface area (Å²) in [4.78, 5) is 33.5. The fraction of sp³-hybridized carbons (Fsp3) is 0.467. The number of Topliss-reactive ketones (excluding diaryl/α,β-unsaturated/α-hetero) is 1. The highest BCUT2D eigenvalue weighted by atomic mass is 16.7. The van der Waals surface area contributed by atoms with Gasteiger partial charge in [0.15, 0.2) is 5.79 Å². The molecule has 0 aliphatic carbocycles. The summed E-state index contributed by atoms with van der Waals surface area (Å²) >= 11 is 0. The molecule has 124 valence electrons. The molecule has 2 rings (SSSR count). The maximum absolute atomic E-state index is 11.8. The molecule has 1 aliphatic heterocycles. The number of nitrogens with zero attached hydrogens (tertiary/aromatic N) is 1. The van der Waals surface area contributed by atoms with Crippen LogP contribution in [0.2, 0.25) is 0 Å². The molecule has 0 atom stereocenters. The first-order valence-corrected chi connectivity index (χ1v) is 7.06.